The van der Waals surface area contributed by atoms with Crippen LogP contribution in [-0.4, -0.2) is 34.7 Å². The number of methoxy groups -OCH3 is 3. The number of benzene rings is 2. The van der Waals surface area contributed by atoms with E-state index in [0.717, 1.165) is 11.1 Å². The van der Waals surface area contributed by atoms with Crippen LogP contribution in [0.5, 0.6) is 40.2 Å². The van der Waals surface area contributed by atoms with E-state index in [1.165, 1.54) is 0 Å². The lowest BCUT2D eigenvalue weighted by atomic mass is 9.92. The molecule has 4 rings (SSSR count). The van der Waals surface area contributed by atoms with Gasteiger partial charge in [-0.25, -0.2) is 0 Å². The lowest BCUT2D eigenvalue weighted by molar-refractivity contribution is 0.171. The summed E-state index contributed by atoms with van der Waals surface area (Å²) in [5.41, 5.74) is 1.90. The summed E-state index contributed by atoms with van der Waals surface area (Å²) in [6.45, 7) is 6.29. The zero-order valence-corrected chi connectivity index (χ0v) is 16.9. The highest BCUT2D eigenvalue weighted by Crippen LogP contribution is 2.57. The third kappa shape index (κ3) is 3.06. The molecule has 0 radical (unpaired) electrons. The molecule has 0 saturated carbocycles. The van der Waals surface area contributed by atoms with Crippen molar-refractivity contribution in [3.8, 4) is 40.2 Å². The van der Waals surface area contributed by atoms with Crippen molar-refractivity contribution in [3.63, 3.8) is 0 Å². The highest BCUT2D eigenvalue weighted by molar-refractivity contribution is 5.66. The molecule has 2 atom stereocenters. The highest BCUT2D eigenvalue weighted by atomic mass is 16.7. The van der Waals surface area contributed by atoms with Crippen LogP contribution in [0.3, 0.4) is 0 Å². The maximum atomic E-state index is 6.37. The molecular formula is C22H24O7. The van der Waals surface area contributed by atoms with Crippen LogP contribution >= 0.6 is 0 Å². The molecule has 0 spiro atoms. The second kappa shape index (κ2) is 7.66. The van der Waals surface area contributed by atoms with E-state index < -0.39 is 0 Å². The first-order chi connectivity index (χ1) is 14.1. The summed E-state index contributed by atoms with van der Waals surface area (Å²) in [6, 6.07) is 5.78. The number of hydrogen-bond donors (Lipinski definition) is 0. The maximum absolute atomic E-state index is 6.37. The lowest BCUT2D eigenvalue weighted by Gasteiger charge is -2.18. The van der Waals surface area contributed by atoms with Gasteiger partial charge in [-0.05, 0) is 18.2 Å². The van der Waals surface area contributed by atoms with Gasteiger partial charge in [0, 0.05) is 17.0 Å². The average molecular weight is 400 g/mol. The first-order valence-electron chi connectivity index (χ1n) is 9.29. The molecule has 2 unspecified atom stereocenters. The molecular weight excluding hydrogens is 376 g/mol. The van der Waals surface area contributed by atoms with E-state index in [9.17, 15) is 0 Å². The number of ether oxygens (including phenoxy) is 7. The molecule has 2 aliphatic rings. The number of hydrogen-bond acceptors (Lipinski definition) is 7. The van der Waals surface area contributed by atoms with Crippen molar-refractivity contribution < 1.29 is 33.2 Å². The second-order valence-corrected chi connectivity index (χ2v) is 6.74. The molecule has 2 aromatic carbocycles. The van der Waals surface area contributed by atoms with Gasteiger partial charge in [0.25, 0.3) is 0 Å². The molecule has 29 heavy (non-hydrogen) atoms. The molecule has 2 aromatic rings. The summed E-state index contributed by atoms with van der Waals surface area (Å²) < 4.78 is 39.9. The van der Waals surface area contributed by atoms with Gasteiger partial charge in [-0.2, -0.15) is 0 Å². The van der Waals surface area contributed by atoms with E-state index in [2.05, 4.69) is 13.5 Å². The summed E-state index contributed by atoms with van der Waals surface area (Å²) >= 11 is 0. The van der Waals surface area contributed by atoms with Crippen molar-refractivity contribution in [3.05, 3.63) is 42.0 Å². The van der Waals surface area contributed by atoms with Gasteiger partial charge in [-0.1, -0.05) is 19.6 Å². The summed E-state index contributed by atoms with van der Waals surface area (Å²) in [5.74, 6) is 4.12. The van der Waals surface area contributed by atoms with Crippen molar-refractivity contribution in [1.29, 1.82) is 0 Å². The largest absolute Gasteiger partial charge is 0.493 e. The van der Waals surface area contributed by atoms with Crippen molar-refractivity contribution in [2.75, 3.05) is 34.7 Å². The Hall–Kier alpha value is -3.22. The van der Waals surface area contributed by atoms with Crippen LogP contribution in [0.2, 0.25) is 0 Å². The van der Waals surface area contributed by atoms with Gasteiger partial charge in [0.1, 0.15) is 12.7 Å². The molecule has 7 nitrogen and oxygen atoms in total. The van der Waals surface area contributed by atoms with E-state index in [-0.39, 0.29) is 18.8 Å². The van der Waals surface area contributed by atoms with E-state index in [1.54, 1.807) is 27.4 Å². The van der Waals surface area contributed by atoms with E-state index in [4.69, 9.17) is 33.2 Å². The Morgan fingerprint density at radius 1 is 1.00 bits per heavy atom. The quantitative estimate of drug-likeness (QED) is 0.644. The minimum atomic E-state index is -0.262. The fourth-order valence-electron chi connectivity index (χ4n) is 3.76. The summed E-state index contributed by atoms with van der Waals surface area (Å²) in [7, 11) is 4.79. The number of rotatable bonds is 7. The van der Waals surface area contributed by atoms with E-state index >= 15 is 0 Å². The van der Waals surface area contributed by atoms with Gasteiger partial charge >= 0.3 is 0 Å². The second-order valence-electron chi connectivity index (χ2n) is 6.74. The van der Waals surface area contributed by atoms with Gasteiger partial charge < -0.3 is 33.2 Å². The summed E-state index contributed by atoms with van der Waals surface area (Å²) in [4.78, 5) is 0. The third-order valence-corrected chi connectivity index (χ3v) is 5.15. The molecule has 0 saturated heterocycles. The van der Waals surface area contributed by atoms with Gasteiger partial charge in [0.2, 0.25) is 24.0 Å². The Bertz CT molecular complexity index is 937. The van der Waals surface area contributed by atoms with Crippen LogP contribution in [-0.2, 0) is 0 Å². The third-order valence-electron chi connectivity index (χ3n) is 5.15. The van der Waals surface area contributed by atoms with Crippen LogP contribution < -0.4 is 33.2 Å². The van der Waals surface area contributed by atoms with Crippen LogP contribution in [0.1, 0.15) is 30.1 Å². The molecule has 2 heterocycles. The van der Waals surface area contributed by atoms with Crippen molar-refractivity contribution in [2.45, 2.75) is 18.9 Å². The van der Waals surface area contributed by atoms with Crippen LogP contribution in [0.4, 0.5) is 0 Å². The monoisotopic (exact) mass is 400 g/mol. The summed E-state index contributed by atoms with van der Waals surface area (Å²) in [5, 5.41) is 0. The van der Waals surface area contributed by atoms with Crippen molar-refractivity contribution >= 4 is 0 Å². The molecule has 7 heteroatoms. The molecule has 0 N–H and O–H groups in total. The Balaban J connectivity index is 1.77. The fourth-order valence-corrected chi connectivity index (χ4v) is 3.76. The predicted molar refractivity (Wildman–Crippen MR) is 106 cm³/mol. The molecule has 0 aromatic heterocycles. The lowest BCUT2D eigenvalue weighted by Crippen LogP contribution is -2.07. The smallest absolute Gasteiger partial charge is 0.231 e. The SMILES string of the molecule is C=CCOc1c(OC)cc2c(c1OC)OC(c1cc(OC)c3c(c1)OCO3)C2C. The van der Waals surface area contributed by atoms with Gasteiger partial charge in [0.05, 0.1) is 21.3 Å². The van der Waals surface area contributed by atoms with Crippen molar-refractivity contribution in [1.82, 2.24) is 0 Å². The molecule has 2 aliphatic heterocycles. The molecule has 0 fully saturated rings. The van der Waals surface area contributed by atoms with E-state index in [1.807, 2.05) is 18.2 Å². The molecule has 0 aliphatic carbocycles. The van der Waals surface area contributed by atoms with Crippen LogP contribution in [0.15, 0.2) is 30.9 Å². The fraction of sp³-hybridized carbons (Fsp3) is 0.364. The average Bonchev–Trinajstić information content (AvgIpc) is 3.34. The maximum Gasteiger partial charge on any atom is 0.231 e. The minimum Gasteiger partial charge on any atom is -0.493 e. The predicted octanol–water partition coefficient (Wildman–Crippen LogP) is 4.24. The standard InChI is InChI=1S/C22H24O7/c1-6-7-26-21-16(24-4)10-14-12(2)18(29-19(14)22(21)25-5)13-8-15(23-3)20-17(9-13)27-11-28-20/h6,8-10,12,18H,1,7,11H2,2-5H3. The first-order valence-corrected chi connectivity index (χ1v) is 9.29. The highest BCUT2D eigenvalue weighted by Gasteiger charge is 2.38. The Labute approximate surface area is 169 Å². The zero-order chi connectivity index (χ0) is 20.5. The van der Waals surface area contributed by atoms with Gasteiger partial charge in [0.15, 0.2) is 23.0 Å². The Morgan fingerprint density at radius 2 is 1.79 bits per heavy atom. The normalized spacial score (nSPS) is 18.6. The Kier molecular flexibility index (Phi) is 5.05. The number of fused-ring (bicyclic) bond motifs is 2. The zero-order valence-electron chi connectivity index (χ0n) is 16.9. The Morgan fingerprint density at radius 3 is 2.48 bits per heavy atom. The van der Waals surface area contributed by atoms with Gasteiger partial charge in [-0.3, -0.25) is 0 Å². The molecule has 0 amide bonds. The summed E-state index contributed by atoms with van der Waals surface area (Å²) in [6.07, 6.45) is 1.40. The minimum absolute atomic E-state index is 0.0336. The molecule has 0 bridgehead atoms. The topological polar surface area (TPSA) is 64.6 Å². The van der Waals surface area contributed by atoms with Crippen LogP contribution in [0.25, 0.3) is 0 Å². The first kappa shape index (κ1) is 19.1. The van der Waals surface area contributed by atoms with Crippen molar-refractivity contribution in [2.24, 2.45) is 0 Å². The molecule has 154 valence electrons. The van der Waals surface area contributed by atoms with Gasteiger partial charge in [-0.15, -0.1) is 0 Å². The van der Waals surface area contributed by atoms with E-state index in [0.29, 0.717) is 46.9 Å². The van der Waals surface area contributed by atoms with Crippen LogP contribution in [0, 0.1) is 0 Å².